The Labute approximate surface area is 181 Å². The first-order chi connectivity index (χ1) is 14.5. The Hall–Kier alpha value is -3.05. The molecule has 0 radical (unpaired) electrons. The van der Waals surface area contributed by atoms with Gasteiger partial charge < -0.3 is 10.1 Å². The minimum absolute atomic E-state index is 0.170. The highest BCUT2D eigenvalue weighted by Gasteiger charge is 2.40. The lowest BCUT2D eigenvalue weighted by molar-refractivity contribution is -0.530. The number of ether oxygens (including phenoxy) is 1. The molecule has 3 atom stereocenters. The second-order valence-corrected chi connectivity index (χ2v) is 7.54. The summed E-state index contributed by atoms with van der Waals surface area (Å²) < 4.78 is 5.22. The van der Waals surface area contributed by atoms with Gasteiger partial charge in [-0.15, -0.1) is 0 Å². The zero-order valence-corrected chi connectivity index (χ0v) is 17.8. The molecule has 0 heterocycles. The summed E-state index contributed by atoms with van der Waals surface area (Å²) in [6.07, 6.45) is 0.643. The van der Waals surface area contributed by atoms with E-state index in [4.69, 9.17) is 16.3 Å². The van der Waals surface area contributed by atoms with Gasteiger partial charge in [0.15, 0.2) is 0 Å². The smallest absolute Gasteiger partial charge is 0.243 e. The highest BCUT2D eigenvalue weighted by Crippen LogP contribution is 2.36. The normalized spacial score (nSPS) is 13.8. The summed E-state index contributed by atoms with van der Waals surface area (Å²) in [4.78, 5) is 12.2. The number of nitrogens with zero attached hydrogens (tertiary/aromatic N) is 1. The highest BCUT2D eigenvalue weighted by atomic mass is 35.5. The van der Waals surface area contributed by atoms with Crippen molar-refractivity contribution < 1.29 is 9.66 Å². The van der Waals surface area contributed by atoms with Crippen LogP contribution < -0.4 is 10.1 Å². The summed E-state index contributed by atoms with van der Waals surface area (Å²) in [6.45, 7) is 1.99. The van der Waals surface area contributed by atoms with Gasteiger partial charge in [-0.25, -0.2) is 0 Å². The molecule has 0 amide bonds. The maximum absolute atomic E-state index is 12.4. The van der Waals surface area contributed by atoms with Gasteiger partial charge >= 0.3 is 0 Å². The third-order valence-electron chi connectivity index (χ3n) is 5.31. The van der Waals surface area contributed by atoms with Crippen molar-refractivity contribution in [1.29, 1.82) is 0 Å². The molecule has 6 heteroatoms. The first-order valence-corrected chi connectivity index (χ1v) is 10.3. The van der Waals surface area contributed by atoms with E-state index in [1.54, 1.807) is 19.2 Å². The predicted octanol–water partition coefficient (Wildman–Crippen LogP) is 6.34. The first kappa shape index (κ1) is 21.7. The maximum Gasteiger partial charge on any atom is 0.243 e. The van der Waals surface area contributed by atoms with Crippen LogP contribution in [0.1, 0.15) is 36.4 Å². The molecule has 0 unspecified atom stereocenters. The van der Waals surface area contributed by atoms with Crippen molar-refractivity contribution in [2.24, 2.45) is 0 Å². The molecule has 0 aliphatic carbocycles. The van der Waals surface area contributed by atoms with Crippen molar-refractivity contribution in [1.82, 2.24) is 0 Å². The molecule has 0 aliphatic rings. The second kappa shape index (κ2) is 10.1. The van der Waals surface area contributed by atoms with E-state index < -0.39 is 12.1 Å². The molecule has 0 bridgehead atoms. The Bertz CT molecular complexity index is 946. The van der Waals surface area contributed by atoms with E-state index in [1.165, 1.54) is 0 Å². The highest BCUT2D eigenvalue weighted by molar-refractivity contribution is 6.30. The molecule has 3 rings (SSSR count). The van der Waals surface area contributed by atoms with Gasteiger partial charge in [0.1, 0.15) is 11.8 Å². The van der Waals surface area contributed by atoms with Crippen LogP contribution in [0.4, 0.5) is 5.69 Å². The fraction of sp³-hybridized carbons (Fsp3) is 0.250. The molecular weight excluding hydrogens is 400 g/mol. The Morgan fingerprint density at radius 1 is 0.967 bits per heavy atom. The fourth-order valence-electron chi connectivity index (χ4n) is 3.78. The lowest BCUT2D eigenvalue weighted by Crippen LogP contribution is -2.37. The summed E-state index contributed by atoms with van der Waals surface area (Å²) in [5.41, 5.74) is 2.55. The number of halogens is 1. The molecule has 3 aromatic rings. The molecule has 30 heavy (non-hydrogen) atoms. The lowest BCUT2D eigenvalue weighted by Gasteiger charge is -2.29. The van der Waals surface area contributed by atoms with E-state index in [2.05, 4.69) is 5.32 Å². The van der Waals surface area contributed by atoms with Gasteiger partial charge in [0.05, 0.1) is 13.0 Å². The SMILES string of the molecule is CC[C@H](c1ccccc1)[C@@H]([C@@H](Nc1ccc(OC)cc1)c1ccc(Cl)cc1)[N+](=O)[O-]. The molecule has 5 nitrogen and oxygen atoms in total. The number of anilines is 1. The van der Waals surface area contributed by atoms with Gasteiger partial charge in [-0.05, 0) is 53.9 Å². The zero-order valence-electron chi connectivity index (χ0n) is 17.0. The van der Waals surface area contributed by atoms with Crippen LogP contribution in [-0.2, 0) is 0 Å². The Kier molecular flexibility index (Phi) is 7.31. The average molecular weight is 425 g/mol. The number of hydrogen-bond acceptors (Lipinski definition) is 4. The van der Waals surface area contributed by atoms with Gasteiger partial charge in [0.2, 0.25) is 6.04 Å². The molecule has 0 saturated heterocycles. The van der Waals surface area contributed by atoms with E-state index in [1.807, 2.05) is 73.7 Å². The number of nitro groups is 1. The molecule has 0 aliphatic heterocycles. The van der Waals surface area contributed by atoms with Gasteiger partial charge in [0.25, 0.3) is 0 Å². The summed E-state index contributed by atoms with van der Waals surface area (Å²) in [6, 6.07) is 22.9. The molecule has 3 aromatic carbocycles. The van der Waals surface area contributed by atoms with Crippen LogP contribution in [0, 0.1) is 10.1 Å². The predicted molar refractivity (Wildman–Crippen MR) is 121 cm³/mol. The molecule has 0 spiro atoms. The van der Waals surface area contributed by atoms with Crippen LogP contribution in [0.15, 0.2) is 78.9 Å². The van der Waals surface area contributed by atoms with E-state index in [-0.39, 0.29) is 10.8 Å². The minimum atomic E-state index is -0.874. The molecule has 1 N–H and O–H groups in total. The van der Waals surface area contributed by atoms with Gasteiger partial charge in [0, 0.05) is 15.6 Å². The monoisotopic (exact) mass is 424 g/mol. The third-order valence-corrected chi connectivity index (χ3v) is 5.56. The largest absolute Gasteiger partial charge is 0.497 e. The molecule has 0 saturated carbocycles. The Balaban J connectivity index is 2.04. The number of rotatable bonds is 9. The maximum atomic E-state index is 12.4. The molecule has 156 valence electrons. The number of methoxy groups -OCH3 is 1. The number of nitrogens with one attached hydrogen (secondary N) is 1. The van der Waals surface area contributed by atoms with Gasteiger partial charge in [-0.1, -0.05) is 61.0 Å². The lowest BCUT2D eigenvalue weighted by atomic mass is 9.83. The molecule has 0 fully saturated rings. The van der Waals surface area contributed by atoms with E-state index >= 15 is 0 Å². The molecular formula is C24H25ClN2O3. The average Bonchev–Trinajstić information content (AvgIpc) is 2.77. The standard InChI is InChI=1S/C24H25ClN2O3/c1-3-22(17-7-5-4-6-8-17)24(27(28)29)23(18-9-11-19(25)12-10-18)26-20-13-15-21(30-2)16-14-20/h4-16,22-24,26H,3H2,1-2H3/t22-,23+,24+/m1/s1. The van der Waals surface area contributed by atoms with Crippen molar-refractivity contribution in [2.45, 2.75) is 31.3 Å². The summed E-state index contributed by atoms with van der Waals surface area (Å²) in [5.74, 6) is 0.470. The quantitative estimate of drug-likeness (QED) is 0.321. The fourth-order valence-corrected chi connectivity index (χ4v) is 3.90. The minimum Gasteiger partial charge on any atom is -0.497 e. The summed E-state index contributed by atoms with van der Waals surface area (Å²) in [7, 11) is 1.60. The third kappa shape index (κ3) is 5.10. The van der Waals surface area contributed by atoms with Crippen molar-refractivity contribution in [2.75, 3.05) is 12.4 Å². The van der Waals surface area contributed by atoms with Crippen molar-refractivity contribution in [3.05, 3.63) is 105 Å². The van der Waals surface area contributed by atoms with Crippen LogP contribution in [0.2, 0.25) is 5.02 Å². The summed E-state index contributed by atoms with van der Waals surface area (Å²) in [5, 5.41) is 16.3. The van der Waals surface area contributed by atoms with Gasteiger partial charge in [-0.2, -0.15) is 0 Å². The Morgan fingerprint density at radius 2 is 1.60 bits per heavy atom. The second-order valence-electron chi connectivity index (χ2n) is 7.10. The first-order valence-electron chi connectivity index (χ1n) is 9.88. The number of benzene rings is 3. The summed E-state index contributed by atoms with van der Waals surface area (Å²) >= 11 is 6.07. The topological polar surface area (TPSA) is 64.4 Å². The van der Waals surface area contributed by atoms with Crippen LogP contribution >= 0.6 is 11.6 Å². The Morgan fingerprint density at radius 3 is 2.13 bits per heavy atom. The zero-order chi connectivity index (χ0) is 21.5. The van der Waals surface area contributed by atoms with E-state index in [0.29, 0.717) is 11.4 Å². The van der Waals surface area contributed by atoms with Crippen LogP contribution in [0.25, 0.3) is 0 Å². The van der Waals surface area contributed by atoms with E-state index in [0.717, 1.165) is 22.6 Å². The number of hydrogen-bond donors (Lipinski definition) is 1. The van der Waals surface area contributed by atoms with Crippen molar-refractivity contribution in [3.8, 4) is 5.75 Å². The van der Waals surface area contributed by atoms with Crippen molar-refractivity contribution >= 4 is 17.3 Å². The molecule has 0 aromatic heterocycles. The van der Waals surface area contributed by atoms with Crippen molar-refractivity contribution in [3.63, 3.8) is 0 Å². The van der Waals surface area contributed by atoms with Crippen LogP contribution in [0.5, 0.6) is 5.75 Å². The van der Waals surface area contributed by atoms with E-state index in [9.17, 15) is 10.1 Å². The van der Waals surface area contributed by atoms with Crippen LogP contribution in [0.3, 0.4) is 0 Å². The van der Waals surface area contributed by atoms with Crippen LogP contribution in [-0.4, -0.2) is 18.1 Å². The van der Waals surface area contributed by atoms with Gasteiger partial charge in [-0.3, -0.25) is 10.1 Å².